The van der Waals surface area contributed by atoms with Crippen molar-refractivity contribution >= 4 is 11.7 Å². The number of hydrogen-bond donors (Lipinski definition) is 3. The average molecular weight is 242 g/mol. The highest BCUT2D eigenvalue weighted by Crippen LogP contribution is 2.07. The number of nitrogens with zero attached hydrogens (tertiary/aromatic N) is 2. The fourth-order valence-corrected chi connectivity index (χ4v) is 1.50. The predicted octanol–water partition coefficient (Wildman–Crippen LogP) is 1.79. The van der Waals surface area contributed by atoms with Gasteiger partial charge < -0.3 is 16.3 Å². The van der Waals surface area contributed by atoms with Gasteiger partial charge in [-0.2, -0.15) is 0 Å². The van der Waals surface area contributed by atoms with Crippen LogP contribution in [0.1, 0.15) is 11.1 Å². The minimum Gasteiger partial charge on any atom is -0.409 e. The molecule has 1 aromatic heterocycles. The van der Waals surface area contributed by atoms with Crippen molar-refractivity contribution in [3.63, 3.8) is 0 Å². The van der Waals surface area contributed by atoms with Gasteiger partial charge in [0.2, 0.25) is 0 Å². The summed E-state index contributed by atoms with van der Waals surface area (Å²) in [6, 6.07) is 13.6. The summed E-state index contributed by atoms with van der Waals surface area (Å²) < 4.78 is 0. The zero-order valence-electron chi connectivity index (χ0n) is 9.74. The molecule has 5 heteroatoms. The highest BCUT2D eigenvalue weighted by atomic mass is 16.4. The number of nitrogens with two attached hydrogens (primary N) is 1. The molecular weight excluding hydrogens is 228 g/mol. The maximum atomic E-state index is 8.53. The molecule has 18 heavy (non-hydrogen) atoms. The van der Waals surface area contributed by atoms with Crippen LogP contribution in [0, 0.1) is 0 Å². The van der Waals surface area contributed by atoms with Crippen molar-refractivity contribution in [1.82, 2.24) is 4.98 Å². The molecule has 2 rings (SSSR count). The SMILES string of the molecule is N/C(=N\O)c1ccc(NCc2ccccc2)nc1. The lowest BCUT2D eigenvalue weighted by atomic mass is 10.2. The highest BCUT2D eigenvalue weighted by molar-refractivity contribution is 5.96. The summed E-state index contributed by atoms with van der Waals surface area (Å²) in [7, 11) is 0. The number of aromatic nitrogens is 1. The molecule has 0 radical (unpaired) electrons. The fraction of sp³-hybridized carbons (Fsp3) is 0.0769. The Morgan fingerprint density at radius 2 is 2.00 bits per heavy atom. The minimum absolute atomic E-state index is 0.0529. The van der Waals surface area contributed by atoms with Crippen LogP contribution in [0.15, 0.2) is 53.8 Å². The molecule has 0 bridgehead atoms. The number of pyridine rings is 1. The number of hydrogen-bond acceptors (Lipinski definition) is 4. The van der Waals surface area contributed by atoms with Crippen molar-refractivity contribution in [2.45, 2.75) is 6.54 Å². The maximum absolute atomic E-state index is 8.53. The van der Waals surface area contributed by atoms with Crippen molar-refractivity contribution in [2.75, 3.05) is 5.32 Å². The van der Waals surface area contributed by atoms with E-state index in [2.05, 4.69) is 15.5 Å². The molecule has 1 heterocycles. The van der Waals surface area contributed by atoms with Gasteiger partial charge in [-0.05, 0) is 17.7 Å². The van der Waals surface area contributed by atoms with Crippen molar-refractivity contribution in [3.8, 4) is 0 Å². The zero-order valence-corrected chi connectivity index (χ0v) is 9.74. The topological polar surface area (TPSA) is 83.5 Å². The van der Waals surface area contributed by atoms with Gasteiger partial charge in [-0.3, -0.25) is 0 Å². The van der Waals surface area contributed by atoms with Crippen LogP contribution in [0.2, 0.25) is 0 Å². The van der Waals surface area contributed by atoms with Crippen LogP contribution in [0.3, 0.4) is 0 Å². The second-order valence-corrected chi connectivity index (χ2v) is 3.76. The second kappa shape index (κ2) is 5.67. The number of benzene rings is 1. The van der Waals surface area contributed by atoms with Gasteiger partial charge in [-0.25, -0.2) is 4.98 Å². The normalized spacial score (nSPS) is 11.2. The number of amidine groups is 1. The molecule has 0 unspecified atom stereocenters. The van der Waals surface area contributed by atoms with E-state index < -0.39 is 0 Å². The second-order valence-electron chi connectivity index (χ2n) is 3.76. The molecule has 0 saturated carbocycles. The summed E-state index contributed by atoms with van der Waals surface area (Å²) >= 11 is 0. The first-order chi connectivity index (χ1) is 8.79. The van der Waals surface area contributed by atoms with Crippen molar-refractivity contribution in [2.24, 2.45) is 10.9 Å². The van der Waals surface area contributed by atoms with Crippen LogP contribution in [-0.4, -0.2) is 16.0 Å². The van der Waals surface area contributed by atoms with Crippen LogP contribution in [0.4, 0.5) is 5.82 Å². The van der Waals surface area contributed by atoms with Crippen LogP contribution < -0.4 is 11.1 Å². The van der Waals surface area contributed by atoms with Crippen LogP contribution in [0.25, 0.3) is 0 Å². The average Bonchev–Trinajstić information content (AvgIpc) is 2.46. The monoisotopic (exact) mass is 242 g/mol. The molecule has 2 aromatic rings. The lowest BCUT2D eigenvalue weighted by Crippen LogP contribution is -2.13. The molecule has 0 spiro atoms. The van der Waals surface area contributed by atoms with E-state index in [0.717, 1.165) is 5.82 Å². The fourth-order valence-electron chi connectivity index (χ4n) is 1.50. The first-order valence-electron chi connectivity index (χ1n) is 5.51. The number of nitrogens with one attached hydrogen (secondary N) is 1. The largest absolute Gasteiger partial charge is 0.409 e. The molecule has 0 aliphatic heterocycles. The molecule has 4 N–H and O–H groups in total. The van der Waals surface area contributed by atoms with E-state index in [4.69, 9.17) is 10.9 Å². The van der Waals surface area contributed by atoms with Gasteiger partial charge in [-0.1, -0.05) is 35.5 Å². The summed E-state index contributed by atoms with van der Waals surface area (Å²) in [5.41, 5.74) is 7.22. The smallest absolute Gasteiger partial charge is 0.171 e. The van der Waals surface area contributed by atoms with Crippen molar-refractivity contribution in [3.05, 3.63) is 59.8 Å². The highest BCUT2D eigenvalue weighted by Gasteiger charge is 2.00. The van der Waals surface area contributed by atoms with Crippen LogP contribution in [-0.2, 0) is 6.54 Å². The first-order valence-corrected chi connectivity index (χ1v) is 5.51. The number of anilines is 1. The lowest BCUT2D eigenvalue weighted by Gasteiger charge is -2.06. The minimum atomic E-state index is 0.0529. The molecule has 92 valence electrons. The maximum Gasteiger partial charge on any atom is 0.171 e. The van der Waals surface area contributed by atoms with Gasteiger partial charge in [0.25, 0.3) is 0 Å². The summed E-state index contributed by atoms with van der Waals surface area (Å²) in [6.45, 7) is 0.705. The van der Waals surface area contributed by atoms with Gasteiger partial charge in [-0.15, -0.1) is 0 Å². The summed E-state index contributed by atoms with van der Waals surface area (Å²) in [5, 5.41) is 14.6. The van der Waals surface area contributed by atoms with E-state index in [-0.39, 0.29) is 5.84 Å². The quantitative estimate of drug-likeness (QED) is 0.330. The third-order valence-electron chi connectivity index (χ3n) is 2.48. The molecule has 0 aliphatic carbocycles. The predicted molar refractivity (Wildman–Crippen MR) is 70.5 cm³/mol. The Bertz CT molecular complexity index is 522. The van der Waals surface area contributed by atoms with E-state index in [0.29, 0.717) is 12.1 Å². The molecule has 5 nitrogen and oxygen atoms in total. The summed E-state index contributed by atoms with van der Waals surface area (Å²) in [6.07, 6.45) is 1.56. The van der Waals surface area contributed by atoms with E-state index in [1.807, 2.05) is 30.3 Å². The molecule has 0 amide bonds. The van der Waals surface area contributed by atoms with Gasteiger partial charge in [0.1, 0.15) is 5.82 Å². The summed E-state index contributed by atoms with van der Waals surface area (Å²) in [4.78, 5) is 4.18. The molecule has 0 saturated heterocycles. The van der Waals surface area contributed by atoms with E-state index in [1.165, 1.54) is 5.56 Å². The van der Waals surface area contributed by atoms with E-state index in [9.17, 15) is 0 Å². The van der Waals surface area contributed by atoms with Crippen LogP contribution in [0.5, 0.6) is 0 Å². The number of rotatable bonds is 4. The third-order valence-corrected chi connectivity index (χ3v) is 2.48. The summed E-state index contributed by atoms with van der Waals surface area (Å²) in [5.74, 6) is 0.797. The Morgan fingerprint density at radius 3 is 2.61 bits per heavy atom. The molecule has 0 fully saturated rings. The number of oxime groups is 1. The van der Waals surface area contributed by atoms with Gasteiger partial charge in [0, 0.05) is 18.3 Å². The lowest BCUT2D eigenvalue weighted by molar-refractivity contribution is 0.318. The molecule has 0 aliphatic rings. The Labute approximate surface area is 105 Å². The Kier molecular flexibility index (Phi) is 3.76. The van der Waals surface area contributed by atoms with Gasteiger partial charge in [0.15, 0.2) is 5.84 Å². The standard InChI is InChI=1S/C13H14N4O/c14-13(17-18)11-6-7-12(16-9-11)15-8-10-4-2-1-3-5-10/h1-7,9,18H,8H2,(H2,14,17)(H,15,16). The molecular formula is C13H14N4O. The zero-order chi connectivity index (χ0) is 12.8. The van der Waals surface area contributed by atoms with E-state index in [1.54, 1.807) is 18.3 Å². The third kappa shape index (κ3) is 2.98. The molecule has 0 atom stereocenters. The first kappa shape index (κ1) is 11.9. The van der Waals surface area contributed by atoms with E-state index >= 15 is 0 Å². The van der Waals surface area contributed by atoms with Crippen LogP contribution >= 0.6 is 0 Å². The Balaban J connectivity index is 1.99. The van der Waals surface area contributed by atoms with Gasteiger partial charge >= 0.3 is 0 Å². The Hall–Kier alpha value is -2.56. The van der Waals surface area contributed by atoms with Crippen molar-refractivity contribution < 1.29 is 5.21 Å². The van der Waals surface area contributed by atoms with Crippen molar-refractivity contribution in [1.29, 1.82) is 0 Å². The Morgan fingerprint density at radius 1 is 1.22 bits per heavy atom. The molecule has 1 aromatic carbocycles. The van der Waals surface area contributed by atoms with Gasteiger partial charge in [0.05, 0.1) is 0 Å².